The lowest BCUT2D eigenvalue weighted by Gasteiger charge is -2.29. The fourth-order valence-electron chi connectivity index (χ4n) is 1.42. The number of nitrogens with zero attached hydrogens (tertiary/aromatic N) is 1. The van der Waals surface area contributed by atoms with E-state index in [0.717, 1.165) is 12.8 Å². The largest absolute Gasteiger partial charge is 0.478 e. The van der Waals surface area contributed by atoms with Gasteiger partial charge in [-0.15, -0.1) is 0 Å². The number of carboxylic acids is 1. The van der Waals surface area contributed by atoms with Crippen molar-refractivity contribution in [2.75, 3.05) is 11.1 Å². The number of carbonyl (C=O) groups is 1. The van der Waals surface area contributed by atoms with Crippen LogP contribution >= 0.6 is 0 Å². The van der Waals surface area contributed by atoms with Gasteiger partial charge in [-0.1, -0.05) is 13.8 Å². The first-order valence-electron chi connectivity index (χ1n) is 5.69. The highest BCUT2D eigenvalue weighted by Crippen LogP contribution is 2.24. The van der Waals surface area contributed by atoms with Gasteiger partial charge in [0, 0.05) is 11.7 Å². The molecule has 1 aromatic heterocycles. The molecule has 0 unspecified atom stereocenters. The van der Waals surface area contributed by atoms with Crippen molar-refractivity contribution in [3.05, 3.63) is 17.8 Å². The second-order valence-corrected chi connectivity index (χ2v) is 4.36. The summed E-state index contributed by atoms with van der Waals surface area (Å²) in [5, 5.41) is 12.1. The van der Waals surface area contributed by atoms with Gasteiger partial charge < -0.3 is 16.2 Å². The van der Waals surface area contributed by atoms with Crippen LogP contribution in [-0.2, 0) is 0 Å². The number of hydrogen-bond donors (Lipinski definition) is 3. The zero-order chi connectivity index (χ0) is 13.1. The molecule has 0 saturated carbocycles. The maximum Gasteiger partial charge on any atom is 0.337 e. The van der Waals surface area contributed by atoms with E-state index in [-0.39, 0.29) is 11.1 Å². The summed E-state index contributed by atoms with van der Waals surface area (Å²) in [5.74, 6) is -0.481. The Morgan fingerprint density at radius 2 is 2.12 bits per heavy atom. The van der Waals surface area contributed by atoms with Crippen LogP contribution in [0.5, 0.6) is 0 Å². The first kappa shape index (κ1) is 13.3. The van der Waals surface area contributed by atoms with Crippen LogP contribution in [0.3, 0.4) is 0 Å². The number of nitrogens with one attached hydrogen (secondary N) is 1. The van der Waals surface area contributed by atoms with Crippen LogP contribution in [0.15, 0.2) is 12.3 Å². The zero-order valence-electron chi connectivity index (χ0n) is 10.4. The molecule has 0 aliphatic heterocycles. The van der Waals surface area contributed by atoms with Gasteiger partial charge in [0.25, 0.3) is 0 Å². The van der Waals surface area contributed by atoms with Crippen molar-refractivity contribution < 1.29 is 9.90 Å². The van der Waals surface area contributed by atoms with Crippen LogP contribution in [0.4, 0.5) is 11.5 Å². The lowest BCUT2D eigenvalue weighted by Crippen LogP contribution is -2.33. The minimum atomic E-state index is -1.02. The van der Waals surface area contributed by atoms with Crippen LogP contribution in [0.2, 0.25) is 0 Å². The van der Waals surface area contributed by atoms with Crippen molar-refractivity contribution in [1.29, 1.82) is 0 Å². The number of carboxylic acid groups (broad SMARTS) is 1. The monoisotopic (exact) mass is 237 g/mol. The van der Waals surface area contributed by atoms with Crippen molar-refractivity contribution in [2.45, 2.75) is 39.2 Å². The molecule has 1 heterocycles. The predicted octanol–water partition coefficient (Wildman–Crippen LogP) is 2.35. The highest BCUT2D eigenvalue weighted by Gasteiger charge is 2.21. The zero-order valence-corrected chi connectivity index (χ0v) is 10.4. The van der Waals surface area contributed by atoms with Gasteiger partial charge >= 0.3 is 5.97 Å². The van der Waals surface area contributed by atoms with E-state index < -0.39 is 5.97 Å². The molecule has 0 saturated heterocycles. The molecule has 0 amide bonds. The first-order valence-corrected chi connectivity index (χ1v) is 5.69. The summed E-state index contributed by atoms with van der Waals surface area (Å²) in [5.41, 5.74) is 6.17. The third kappa shape index (κ3) is 3.09. The molecule has 0 atom stereocenters. The SMILES string of the molecule is CCC(C)(CC)Nc1ncc(C(=O)O)cc1N. The standard InChI is InChI=1S/C12H19N3O2/c1-4-12(3,5-2)15-10-9(13)6-8(7-14-10)11(16)17/h6-7H,4-5,13H2,1-3H3,(H,14,15)(H,16,17). The quantitative estimate of drug-likeness (QED) is 0.731. The molecule has 0 radical (unpaired) electrons. The van der Waals surface area contributed by atoms with Crippen molar-refractivity contribution >= 4 is 17.5 Å². The Kier molecular flexibility index (Phi) is 3.93. The van der Waals surface area contributed by atoms with Gasteiger partial charge in [0.1, 0.15) is 5.82 Å². The average Bonchev–Trinajstić information content (AvgIpc) is 2.31. The third-order valence-corrected chi connectivity index (χ3v) is 3.14. The molecule has 0 spiro atoms. The highest BCUT2D eigenvalue weighted by molar-refractivity contribution is 5.89. The number of nitrogens with two attached hydrogens (primary N) is 1. The van der Waals surface area contributed by atoms with Gasteiger partial charge in [0.05, 0.1) is 11.3 Å². The fourth-order valence-corrected chi connectivity index (χ4v) is 1.42. The summed E-state index contributed by atoms with van der Waals surface area (Å²) in [4.78, 5) is 14.8. The number of pyridine rings is 1. The molecule has 0 aromatic carbocycles. The Morgan fingerprint density at radius 3 is 2.53 bits per heavy atom. The lowest BCUT2D eigenvalue weighted by atomic mass is 9.95. The molecule has 0 aliphatic rings. The van der Waals surface area contributed by atoms with Crippen molar-refractivity contribution in [3.63, 3.8) is 0 Å². The van der Waals surface area contributed by atoms with E-state index in [4.69, 9.17) is 10.8 Å². The van der Waals surface area contributed by atoms with E-state index in [1.807, 2.05) is 0 Å². The van der Waals surface area contributed by atoms with Gasteiger partial charge in [-0.3, -0.25) is 0 Å². The second-order valence-electron chi connectivity index (χ2n) is 4.36. The maximum atomic E-state index is 10.7. The number of nitrogen functional groups attached to an aromatic ring is 1. The van der Waals surface area contributed by atoms with E-state index in [1.54, 1.807) is 0 Å². The summed E-state index contributed by atoms with van der Waals surface area (Å²) in [6.07, 6.45) is 3.18. The first-order chi connectivity index (χ1) is 7.91. The Balaban J connectivity index is 2.97. The summed E-state index contributed by atoms with van der Waals surface area (Å²) in [6.45, 7) is 6.25. The molecule has 0 fully saturated rings. The summed E-state index contributed by atoms with van der Waals surface area (Å²) >= 11 is 0. The molecule has 1 rings (SSSR count). The Morgan fingerprint density at radius 1 is 1.53 bits per heavy atom. The smallest absolute Gasteiger partial charge is 0.337 e. The van der Waals surface area contributed by atoms with Crippen LogP contribution in [0.1, 0.15) is 44.0 Å². The van der Waals surface area contributed by atoms with Crippen LogP contribution < -0.4 is 11.1 Å². The molecule has 0 bridgehead atoms. The van der Waals surface area contributed by atoms with Crippen molar-refractivity contribution in [3.8, 4) is 0 Å². The van der Waals surface area contributed by atoms with E-state index in [9.17, 15) is 4.79 Å². The molecule has 5 heteroatoms. The van der Waals surface area contributed by atoms with Crippen LogP contribution in [0, 0.1) is 0 Å². The molecule has 4 N–H and O–H groups in total. The number of hydrogen-bond acceptors (Lipinski definition) is 4. The third-order valence-electron chi connectivity index (χ3n) is 3.14. The molecule has 1 aromatic rings. The van der Waals surface area contributed by atoms with Crippen molar-refractivity contribution in [1.82, 2.24) is 4.98 Å². The van der Waals surface area contributed by atoms with Gasteiger partial charge in [-0.05, 0) is 25.8 Å². The molecule has 17 heavy (non-hydrogen) atoms. The molecular weight excluding hydrogens is 218 g/mol. The van der Waals surface area contributed by atoms with Crippen molar-refractivity contribution in [2.24, 2.45) is 0 Å². The molecule has 0 aliphatic carbocycles. The lowest BCUT2D eigenvalue weighted by molar-refractivity contribution is 0.0696. The summed E-state index contributed by atoms with van der Waals surface area (Å²) in [6, 6.07) is 1.42. The summed E-state index contributed by atoms with van der Waals surface area (Å²) < 4.78 is 0. The minimum absolute atomic E-state index is 0.0775. The number of rotatable bonds is 5. The highest BCUT2D eigenvalue weighted by atomic mass is 16.4. The van der Waals surface area contributed by atoms with Gasteiger partial charge in [-0.2, -0.15) is 0 Å². The van der Waals surface area contributed by atoms with Gasteiger partial charge in [-0.25, -0.2) is 9.78 Å². The van der Waals surface area contributed by atoms with Gasteiger partial charge in [0.2, 0.25) is 0 Å². The predicted molar refractivity (Wildman–Crippen MR) is 68.2 cm³/mol. The van der Waals surface area contributed by atoms with E-state index >= 15 is 0 Å². The topological polar surface area (TPSA) is 88.2 Å². The number of aromatic carboxylic acids is 1. The average molecular weight is 237 g/mol. The van der Waals surface area contributed by atoms with E-state index in [0.29, 0.717) is 11.5 Å². The van der Waals surface area contributed by atoms with Gasteiger partial charge in [0.15, 0.2) is 0 Å². The number of aromatic nitrogens is 1. The number of anilines is 2. The fraction of sp³-hybridized carbons (Fsp3) is 0.500. The molecular formula is C12H19N3O2. The summed E-state index contributed by atoms with van der Waals surface area (Å²) in [7, 11) is 0. The molecule has 94 valence electrons. The normalized spacial score (nSPS) is 11.2. The van der Waals surface area contributed by atoms with E-state index in [2.05, 4.69) is 31.1 Å². The maximum absolute atomic E-state index is 10.7. The minimum Gasteiger partial charge on any atom is -0.478 e. The Hall–Kier alpha value is -1.78. The van der Waals surface area contributed by atoms with Crippen LogP contribution in [-0.4, -0.2) is 21.6 Å². The Labute approximate surface area is 101 Å². The van der Waals surface area contributed by atoms with Crippen LogP contribution in [0.25, 0.3) is 0 Å². The Bertz CT molecular complexity index is 414. The molecule has 5 nitrogen and oxygen atoms in total. The second kappa shape index (κ2) is 5.03. The van der Waals surface area contributed by atoms with E-state index in [1.165, 1.54) is 12.3 Å².